The quantitative estimate of drug-likeness (QED) is 0.700. The summed E-state index contributed by atoms with van der Waals surface area (Å²) >= 11 is 0. The molecule has 0 aromatic rings. The molecule has 0 amide bonds. The molecule has 0 spiro atoms. The Morgan fingerprint density at radius 2 is 2.21 bits per heavy atom. The van der Waals surface area contributed by atoms with Crippen molar-refractivity contribution < 1.29 is 15.0 Å². The first kappa shape index (κ1) is 11.5. The van der Waals surface area contributed by atoms with Crippen molar-refractivity contribution in [2.75, 3.05) is 20.1 Å². The van der Waals surface area contributed by atoms with Gasteiger partial charge in [0.1, 0.15) is 0 Å². The number of aliphatic carboxylic acids is 1. The van der Waals surface area contributed by atoms with Gasteiger partial charge in [-0.25, -0.2) is 0 Å². The fourth-order valence-electron chi connectivity index (χ4n) is 2.11. The Balaban J connectivity index is 2.94. The van der Waals surface area contributed by atoms with Gasteiger partial charge in [-0.1, -0.05) is 6.92 Å². The third-order valence-corrected chi connectivity index (χ3v) is 3.64. The van der Waals surface area contributed by atoms with Gasteiger partial charge in [-0.3, -0.25) is 4.79 Å². The van der Waals surface area contributed by atoms with E-state index in [4.69, 9.17) is 5.11 Å². The number of carboxylic acids is 1. The highest BCUT2D eigenvalue weighted by molar-refractivity contribution is 5.76. The van der Waals surface area contributed by atoms with Crippen molar-refractivity contribution in [3.8, 4) is 0 Å². The topological polar surface area (TPSA) is 60.8 Å². The van der Waals surface area contributed by atoms with Crippen molar-refractivity contribution in [1.29, 1.82) is 0 Å². The van der Waals surface area contributed by atoms with E-state index in [1.807, 2.05) is 18.9 Å². The molecule has 14 heavy (non-hydrogen) atoms. The predicted molar refractivity (Wildman–Crippen MR) is 53.1 cm³/mol. The SMILES string of the molecule is CCC(C)(C(=O)O)C1(O)CCN(C)C1. The first-order valence-electron chi connectivity index (χ1n) is 5.00. The standard InChI is InChI=1S/C10H19NO3/c1-4-9(2,8(12)13)10(14)5-6-11(3)7-10/h14H,4-7H2,1-3H3,(H,12,13). The lowest BCUT2D eigenvalue weighted by molar-refractivity contribution is -0.166. The zero-order valence-electron chi connectivity index (χ0n) is 9.08. The van der Waals surface area contributed by atoms with E-state index >= 15 is 0 Å². The van der Waals surface area contributed by atoms with Crippen molar-refractivity contribution in [3.63, 3.8) is 0 Å². The van der Waals surface area contributed by atoms with Gasteiger partial charge < -0.3 is 15.1 Å². The van der Waals surface area contributed by atoms with Gasteiger partial charge in [-0.2, -0.15) is 0 Å². The van der Waals surface area contributed by atoms with Crippen molar-refractivity contribution in [2.24, 2.45) is 5.41 Å². The molecule has 0 aliphatic carbocycles. The molecule has 0 aromatic heterocycles. The molecule has 2 unspecified atom stereocenters. The summed E-state index contributed by atoms with van der Waals surface area (Å²) in [7, 11) is 1.90. The minimum atomic E-state index is -1.08. The lowest BCUT2D eigenvalue weighted by atomic mass is 9.71. The number of β-amino-alcohol motifs (C(OH)–C–C–N with tert-alkyl or cyclic N) is 1. The smallest absolute Gasteiger partial charge is 0.312 e. The van der Waals surface area contributed by atoms with Crippen molar-refractivity contribution in [1.82, 2.24) is 4.90 Å². The molecule has 4 nitrogen and oxygen atoms in total. The Morgan fingerprint density at radius 1 is 1.64 bits per heavy atom. The van der Waals surface area contributed by atoms with E-state index in [2.05, 4.69) is 0 Å². The summed E-state index contributed by atoms with van der Waals surface area (Å²) < 4.78 is 0. The van der Waals surface area contributed by atoms with Crippen LogP contribution in [-0.4, -0.2) is 46.8 Å². The normalized spacial score (nSPS) is 32.9. The first-order valence-corrected chi connectivity index (χ1v) is 5.00. The molecular formula is C10H19NO3. The third-order valence-electron chi connectivity index (χ3n) is 3.64. The van der Waals surface area contributed by atoms with Crippen LogP contribution in [0.4, 0.5) is 0 Å². The number of nitrogens with zero attached hydrogens (tertiary/aromatic N) is 1. The van der Waals surface area contributed by atoms with Gasteiger partial charge in [-0.05, 0) is 26.8 Å². The number of likely N-dealkylation sites (N-methyl/N-ethyl adjacent to an activating group) is 1. The van der Waals surface area contributed by atoms with Crippen LogP contribution in [0.2, 0.25) is 0 Å². The highest BCUT2D eigenvalue weighted by Gasteiger charge is 2.53. The molecule has 0 aromatic carbocycles. The minimum Gasteiger partial charge on any atom is -0.481 e. The Kier molecular flexibility index (Phi) is 2.88. The average molecular weight is 201 g/mol. The van der Waals surface area contributed by atoms with Crippen LogP contribution in [0.5, 0.6) is 0 Å². The van der Waals surface area contributed by atoms with Gasteiger partial charge >= 0.3 is 5.97 Å². The monoisotopic (exact) mass is 201 g/mol. The van der Waals surface area contributed by atoms with Gasteiger partial charge in [0.15, 0.2) is 0 Å². The molecule has 1 fully saturated rings. The largest absolute Gasteiger partial charge is 0.481 e. The van der Waals surface area contributed by atoms with Crippen LogP contribution < -0.4 is 0 Å². The molecule has 2 atom stereocenters. The molecule has 1 heterocycles. The lowest BCUT2D eigenvalue weighted by Crippen LogP contribution is -2.52. The molecule has 4 heteroatoms. The van der Waals surface area contributed by atoms with E-state index in [0.717, 1.165) is 6.54 Å². The van der Waals surface area contributed by atoms with Crippen LogP contribution in [0.15, 0.2) is 0 Å². The Morgan fingerprint density at radius 3 is 2.50 bits per heavy atom. The van der Waals surface area contributed by atoms with Crippen LogP contribution in [0, 0.1) is 5.41 Å². The summed E-state index contributed by atoms with van der Waals surface area (Å²) in [5, 5.41) is 19.5. The van der Waals surface area contributed by atoms with E-state index in [-0.39, 0.29) is 0 Å². The van der Waals surface area contributed by atoms with E-state index < -0.39 is 17.0 Å². The van der Waals surface area contributed by atoms with Crippen LogP contribution in [0.1, 0.15) is 26.7 Å². The number of hydrogen-bond acceptors (Lipinski definition) is 3. The number of hydrogen-bond donors (Lipinski definition) is 2. The van der Waals surface area contributed by atoms with E-state index in [9.17, 15) is 9.90 Å². The van der Waals surface area contributed by atoms with Crippen LogP contribution in [0.25, 0.3) is 0 Å². The number of likely N-dealkylation sites (tertiary alicyclic amines) is 1. The Labute approximate surface area is 84.5 Å². The molecule has 1 rings (SSSR count). The Bertz CT molecular complexity index is 244. The summed E-state index contributed by atoms with van der Waals surface area (Å²) in [5.41, 5.74) is -2.11. The number of carboxylic acid groups (broad SMARTS) is 1. The van der Waals surface area contributed by atoms with Crippen LogP contribution in [0.3, 0.4) is 0 Å². The highest BCUT2D eigenvalue weighted by Crippen LogP contribution is 2.41. The summed E-state index contributed by atoms with van der Waals surface area (Å²) in [6.45, 7) is 4.65. The molecule has 0 saturated carbocycles. The van der Waals surface area contributed by atoms with Crippen molar-refractivity contribution in [3.05, 3.63) is 0 Å². The molecule has 1 aliphatic rings. The van der Waals surface area contributed by atoms with Gasteiger partial charge in [0, 0.05) is 13.1 Å². The van der Waals surface area contributed by atoms with E-state index in [1.165, 1.54) is 0 Å². The summed E-state index contributed by atoms with van der Waals surface area (Å²) in [6, 6.07) is 0. The van der Waals surface area contributed by atoms with E-state index in [1.54, 1.807) is 6.92 Å². The Hall–Kier alpha value is -0.610. The highest BCUT2D eigenvalue weighted by atomic mass is 16.4. The summed E-state index contributed by atoms with van der Waals surface area (Å²) in [4.78, 5) is 13.1. The maximum Gasteiger partial charge on any atom is 0.312 e. The zero-order chi connectivity index (χ0) is 11.0. The predicted octanol–water partition coefficient (Wildman–Crippen LogP) is 0.554. The fraction of sp³-hybridized carbons (Fsp3) is 0.900. The van der Waals surface area contributed by atoms with Crippen LogP contribution >= 0.6 is 0 Å². The molecule has 1 aliphatic heterocycles. The summed E-state index contributed by atoms with van der Waals surface area (Å²) in [6.07, 6.45) is 0.993. The summed E-state index contributed by atoms with van der Waals surface area (Å²) in [5.74, 6) is -0.905. The first-order chi connectivity index (χ1) is 6.35. The van der Waals surface area contributed by atoms with Gasteiger partial charge in [0.25, 0.3) is 0 Å². The lowest BCUT2D eigenvalue weighted by Gasteiger charge is -2.38. The van der Waals surface area contributed by atoms with Gasteiger partial charge in [-0.15, -0.1) is 0 Å². The average Bonchev–Trinajstić information content (AvgIpc) is 2.45. The van der Waals surface area contributed by atoms with Gasteiger partial charge in [0.2, 0.25) is 0 Å². The molecule has 0 radical (unpaired) electrons. The molecule has 1 saturated heterocycles. The molecular weight excluding hydrogens is 182 g/mol. The maximum atomic E-state index is 11.2. The number of aliphatic hydroxyl groups is 1. The molecule has 0 bridgehead atoms. The second-order valence-corrected chi connectivity index (χ2v) is 4.51. The second-order valence-electron chi connectivity index (χ2n) is 4.51. The molecule has 82 valence electrons. The maximum absolute atomic E-state index is 11.2. The zero-order valence-corrected chi connectivity index (χ0v) is 9.08. The number of carbonyl (C=O) groups is 1. The number of rotatable bonds is 3. The fourth-order valence-corrected chi connectivity index (χ4v) is 2.11. The molecule has 2 N–H and O–H groups in total. The van der Waals surface area contributed by atoms with Gasteiger partial charge in [0.05, 0.1) is 11.0 Å². The van der Waals surface area contributed by atoms with Crippen LogP contribution in [-0.2, 0) is 4.79 Å². The van der Waals surface area contributed by atoms with E-state index in [0.29, 0.717) is 19.4 Å². The minimum absolute atomic E-state index is 0.448. The third kappa shape index (κ3) is 1.53. The second kappa shape index (κ2) is 3.51. The van der Waals surface area contributed by atoms with Crippen molar-refractivity contribution >= 4 is 5.97 Å². The van der Waals surface area contributed by atoms with Crippen molar-refractivity contribution in [2.45, 2.75) is 32.3 Å².